The van der Waals surface area contributed by atoms with E-state index in [1.165, 1.54) is 5.56 Å². The van der Waals surface area contributed by atoms with Gasteiger partial charge in [-0.05, 0) is 48.4 Å². The number of fused-ring (bicyclic) bond motifs is 3. The minimum absolute atomic E-state index is 0.181. The van der Waals surface area contributed by atoms with Crippen molar-refractivity contribution >= 4 is 28.9 Å². The largest absolute Gasteiger partial charge is 0.480 e. The molecule has 4 aromatic rings. The highest BCUT2D eigenvalue weighted by molar-refractivity contribution is 6.30. The Labute approximate surface area is 203 Å². The molecule has 3 aromatic carbocycles. The second-order valence-electron chi connectivity index (χ2n) is 8.92. The van der Waals surface area contributed by atoms with Crippen LogP contribution in [0.3, 0.4) is 0 Å². The van der Waals surface area contributed by atoms with Gasteiger partial charge in [0.05, 0.1) is 5.70 Å². The normalized spacial score (nSPS) is 18.4. The van der Waals surface area contributed by atoms with E-state index in [4.69, 9.17) is 16.3 Å². The molecule has 0 aliphatic carbocycles. The van der Waals surface area contributed by atoms with Gasteiger partial charge in [-0.2, -0.15) is 10.1 Å². The van der Waals surface area contributed by atoms with Crippen molar-refractivity contribution in [3.8, 4) is 5.75 Å². The molecule has 1 N–H and O–H groups in total. The van der Waals surface area contributed by atoms with E-state index in [-0.39, 0.29) is 12.1 Å². The van der Waals surface area contributed by atoms with Crippen LogP contribution in [0.4, 0.5) is 11.6 Å². The second kappa shape index (κ2) is 7.92. The summed E-state index contributed by atoms with van der Waals surface area (Å²) in [5.74, 6) is 1.48. The standard InChI is InChI=1S/C27H24ClN5O/c1-16-4-6-17(7-5-16)25-23-24(31-27-29-15-30-33(25)27)21-14-19(28)10-13-22(21)34-26(23)18-8-11-20(12-9-18)32(2)3/h4-15,25-26H,1-3H3,(H,29,30,31)/t25-,26-/m1/s1. The summed E-state index contributed by atoms with van der Waals surface area (Å²) < 4.78 is 8.61. The maximum atomic E-state index is 6.68. The molecule has 0 unspecified atom stereocenters. The molecule has 34 heavy (non-hydrogen) atoms. The summed E-state index contributed by atoms with van der Waals surface area (Å²) in [5, 5.41) is 8.77. The first-order valence-corrected chi connectivity index (χ1v) is 11.6. The topological polar surface area (TPSA) is 55.2 Å². The lowest BCUT2D eigenvalue weighted by Crippen LogP contribution is -2.32. The first kappa shape index (κ1) is 20.8. The molecule has 0 fully saturated rings. The van der Waals surface area contributed by atoms with Crippen LogP contribution < -0.4 is 15.0 Å². The number of hydrogen-bond acceptors (Lipinski definition) is 5. The molecule has 7 heteroatoms. The zero-order chi connectivity index (χ0) is 23.4. The van der Waals surface area contributed by atoms with Crippen LogP contribution in [-0.4, -0.2) is 28.9 Å². The summed E-state index contributed by atoms with van der Waals surface area (Å²) in [6.07, 6.45) is 1.28. The van der Waals surface area contributed by atoms with E-state index in [0.717, 1.165) is 39.4 Å². The summed E-state index contributed by atoms with van der Waals surface area (Å²) in [5.41, 5.74) is 7.51. The van der Waals surface area contributed by atoms with E-state index >= 15 is 0 Å². The lowest BCUT2D eigenvalue weighted by atomic mass is 9.84. The zero-order valence-corrected chi connectivity index (χ0v) is 19.9. The summed E-state index contributed by atoms with van der Waals surface area (Å²) >= 11 is 6.41. The van der Waals surface area contributed by atoms with Crippen molar-refractivity contribution in [2.75, 3.05) is 24.3 Å². The van der Waals surface area contributed by atoms with Crippen molar-refractivity contribution in [2.24, 2.45) is 0 Å². The van der Waals surface area contributed by atoms with Crippen molar-refractivity contribution in [1.82, 2.24) is 14.8 Å². The van der Waals surface area contributed by atoms with Gasteiger partial charge in [0, 0.05) is 35.9 Å². The molecule has 0 bridgehead atoms. The molecule has 2 atom stereocenters. The van der Waals surface area contributed by atoms with Gasteiger partial charge in [0.2, 0.25) is 5.95 Å². The molecule has 0 saturated heterocycles. The van der Waals surface area contributed by atoms with E-state index < -0.39 is 0 Å². The predicted octanol–water partition coefficient (Wildman–Crippen LogP) is 5.87. The number of nitrogens with one attached hydrogen (secondary N) is 1. The number of nitrogens with zero attached hydrogens (tertiary/aromatic N) is 4. The molecule has 0 saturated carbocycles. The third-order valence-corrected chi connectivity index (χ3v) is 6.72. The monoisotopic (exact) mass is 469 g/mol. The van der Waals surface area contributed by atoms with Crippen LogP contribution in [0.15, 0.2) is 78.6 Å². The van der Waals surface area contributed by atoms with Crippen LogP contribution in [0.1, 0.15) is 34.4 Å². The van der Waals surface area contributed by atoms with Crippen molar-refractivity contribution in [3.05, 3.63) is 106 Å². The molecule has 6 rings (SSSR count). The van der Waals surface area contributed by atoms with Crippen LogP contribution >= 0.6 is 11.6 Å². The van der Waals surface area contributed by atoms with Gasteiger partial charge < -0.3 is 15.0 Å². The molecule has 2 aliphatic rings. The van der Waals surface area contributed by atoms with Crippen molar-refractivity contribution in [3.63, 3.8) is 0 Å². The van der Waals surface area contributed by atoms with Crippen molar-refractivity contribution in [1.29, 1.82) is 0 Å². The molecular weight excluding hydrogens is 446 g/mol. The fourth-order valence-corrected chi connectivity index (χ4v) is 4.91. The summed E-state index contributed by atoms with van der Waals surface area (Å²) in [6, 6.07) is 22.6. The number of rotatable bonds is 3. The molecule has 0 amide bonds. The highest BCUT2D eigenvalue weighted by Gasteiger charge is 2.41. The predicted molar refractivity (Wildman–Crippen MR) is 135 cm³/mol. The van der Waals surface area contributed by atoms with Crippen LogP contribution in [-0.2, 0) is 0 Å². The highest BCUT2D eigenvalue weighted by atomic mass is 35.5. The summed E-state index contributed by atoms with van der Waals surface area (Å²) in [6.45, 7) is 2.09. The Morgan fingerprint density at radius 3 is 2.44 bits per heavy atom. The smallest absolute Gasteiger partial charge is 0.226 e. The Balaban J connectivity index is 1.59. The van der Waals surface area contributed by atoms with Gasteiger partial charge in [-0.25, -0.2) is 4.68 Å². The van der Waals surface area contributed by atoms with Gasteiger partial charge in [-0.3, -0.25) is 0 Å². The Kier molecular flexibility index (Phi) is 4.85. The quantitative estimate of drug-likeness (QED) is 0.407. The molecule has 1 aromatic heterocycles. The molecule has 0 radical (unpaired) electrons. The Hall–Kier alpha value is -3.77. The third-order valence-electron chi connectivity index (χ3n) is 6.48. The molecular formula is C27H24ClN5O. The average Bonchev–Trinajstić information content (AvgIpc) is 3.31. The minimum atomic E-state index is -0.309. The third kappa shape index (κ3) is 3.33. The number of aryl methyl sites for hydroxylation is 1. The maximum Gasteiger partial charge on any atom is 0.226 e. The first-order valence-electron chi connectivity index (χ1n) is 11.2. The van der Waals surface area contributed by atoms with Crippen LogP contribution in [0.5, 0.6) is 5.75 Å². The first-order chi connectivity index (χ1) is 16.5. The SMILES string of the molecule is Cc1ccc([C@@H]2C3=C(Nc4ncnn42)c2cc(Cl)ccc2O[C@@H]3c2ccc(N(C)C)cc2)cc1. The van der Waals surface area contributed by atoms with Crippen LogP contribution in [0.2, 0.25) is 5.02 Å². The van der Waals surface area contributed by atoms with Gasteiger partial charge in [-0.15, -0.1) is 0 Å². The lowest BCUT2D eigenvalue weighted by molar-refractivity contribution is 0.223. The molecule has 2 aliphatic heterocycles. The number of halogens is 1. The van der Waals surface area contributed by atoms with Crippen molar-refractivity contribution < 1.29 is 4.74 Å². The van der Waals surface area contributed by atoms with Crippen LogP contribution in [0.25, 0.3) is 5.70 Å². The van der Waals surface area contributed by atoms with Gasteiger partial charge in [0.15, 0.2) is 0 Å². The number of aromatic nitrogens is 3. The van der Waals surface area contributed by atoms with Gasteiger partial charge in [0.25, 0.3) is 0 Å². The van der Waals surface area contributed by atoms with E-state index in [0.29, 0.717) is 11.0 Å². The Morgan fingerprint density at radius 2 is 1.71 bits per heavy atom. The molecule has 170 valence electrons. The lowest BCUT2D eigenvalue weighted by Gasteiger charge is -2.39. The summed E-state index contributed by atoms with van der Waals surface area (Å²) in [7, 11) is 4.08. The number of ether oxygens (including phenoxy) is 1. The Morgan fingerprint density at radius 1 is 0.971 bits per heavy atom. The van der Waals surface area contributed by atoms with Crippen molar-refractivity contribution in [2.45, 2.75) is 19.1 Å². The number of hydrogen-bond donors (Lipinski definition) is 1. The van der Waals surface area contributed by atoms with E-state index in [1.54, 1.807) is 6.33 Å². The van der Waals surface area contributed by atoms with Gasteiger partial charge in [0.1, 0.15) is 24.2 Å². The Bertz CT molecular complexity index is 1410. The fourth-order valence-electron chi connectivity index (χ4n) is 4.73. The maximum absolute atomic E-state index is 6.68. The molecule has 3 heterocycles. The molecule has 6 nitrogen and oxygen atoms in total. The zero-order valence-electron chi connectivity index (χ0n) is 19.2. The highest BCUT2D eigenvalue weighted by Crippen LogP contribution is 2.51. The van der Waals surface area contributed by atoms with E-state index in [1.807, 2.05) is 37.0 Å². The summed E-state index contributed by atoms with van der Waals surface area (Å²) in [4.78, 5) is 6.58. The average molecular weight is 470 g/mol. The van der Waals surface area contributed by atoms with Crippen LogP contribution in [0, 0.1) is 6.92 Å². The number of benzene rings is 3. The second-order valence-corrected chi connectivity index (χ2v) is 9.36. The van der Waals surface area contributed by atoms with Gasteiger partial charge in [-0.1, -0.05) is 53.6 Å². The fraction of sp³-hybridized carbons (Fsp3) is 0.185. The molecule has 0 spiro atoms. The van der Waals surface area contributed by atoms with E-state index in [2.05, 4.69) is 75.8 Å². The number of anilines is 2. The van der Waals surface area contributed by atoms with E-state index in [9.17, 15) is 0 Å². The van der Waals surface area contributed by atoms with Gasteiger partial charge >= 0.3 is 0 Å². The minimum Gasteiger partial charge on any atom is -0.480 e.